The third-order valence-electron chi connectivity index (χ3n) is 11.1. The molecular formula is C46H77NO6. The highest BCUT2D eigenvalue weighted by Crippen LogP contribution is 2.34. The number of carbonyl (C=O) groups is 3. The molecule has 0 aromatic carbocycles. The van der Waals surface area contributed by atoms with Crippen molar-refractivity contribution in [1.29, 1.82) is 0 Å². The summed E-state index contributed by atoms with van der Waals surface area (Å²) in [5, 5.41) is 0. The first-order valence-electron chi connectivity index (χ1n) is 22.1. The Hall–Kier alpha value is -2.55. The first kappa shape index (κ1) is 46.6. The van der Waals surface area contributed by atoms with Gasteiger partial charge < -0.3 is 19.1 Å². The number of carbonyl (C=O) groups excluding carboxylic acids is 3. The predicted octanol–water partition coefficient (Wildman–Crippen LogP) is 11.4. The van der Waals surface area contributed by atoms with E-state index in [0.29, 0.717) is 19.8 Å². The van der Waals surface area contributed by atoms with Crippen molar-refractivity contribution in [2.24, 2.45) is 17.8 Å². The van der Waals surface area contributed by atoms with Crippen LogP contribution in [0.15, 0.2) is 29.3 Å². The van der Waals surface area contributed by atoms with E-state index in [1.54, 1.807) is 0 Å². The molecule has 0 amide bonds. The quantitative estimate of drug-likeness (QED) is 0.0805. The Labute approximate surface area is 324 Å². The number of ether oxygens (including phenoxy) is 3. The van der Waals surface area contributed by atoms with Crippen LogP contribution in [0, 0.1) is 17.8 Å². The van der Waals surface area contributed by atoms with Crippen LogP contribution in [-0.4, -0.2) is 62.3 Å². The predicted molar refractivity (Wildman–Crippen MR) is 215 cm³/mol. The maximum absolute atomic E-state index is 13.2. The first-order valence-corrected chi connectivity index (χ1v) is 22.1. The largest absolute Gasteiger partial charge is 0.466 e. The van der Waals surface area contributed by atoms with Crippen LogP contribution in [-0.2, 0) is 28.6 Å². The van der Waals surface area contributed by atoms with Crippen LogP contribution in [0.4, 0.5) is 0 Å². The van der Waals surface area contributed by atoms with Crippen LogP contribution >= 0.6 is 0 Å². The average Bonchev–Trinajstić information content (AvgIpc) is 3.67. The molecule has 0 aliphatic carbocycles. The van der Waals surface area contributed by atoms with Crippen molar-refractivity contribution >= 4 is 17.9 Å². The third-order valence-corrected chi connectivity index (χ3v) is 11.1. The molecule has 7 heteroatoms. The second kappa shape index (κ2) is 31.8. The summed E-state index contributed by atoms with van der Waals surface area (Å²) in [5.41, 5.74) is 9.95. The maximum atomic E-state index is 13.2. The number of unbranched alkanes of at least 4 members (excludes halogenated alkanes) is 4. The Morgan fingerprint density at radius 2 is 1.19 bits per heavy atom. The molecule has 0 bridgehead atoms. The highest BCUT2D eigenvalue weighted by Gasteiger charge is 2.28. The number of hydrogen-bond donors (Lipinski definition) is 0. The molecule has 2 heterocycles. The number of allylic oxidation sites excluding steroid dienone is 1. The number of hydrogen-bond acceptors (Lipinski definition) is 7. The van der Waals surface area contributed by atoms with Gasteiger partial charge in [-0.25, -0.2) is 0 Å². The van der Waals surface area contributed by atoms with Crippen molar-refractivity contribution in [3.8, 4) is 0 Å². The molecule has 2 saturated heterocycles. The summed E-state index contributed by atoms with van der Waals surface area (Å²) in [6.07, 6.45) is 26.5. The zero-order valence-corrected chi connectivity index (χ0v) is 34.2. The lowest BCUT2D eigenvalue weighted by Gasteiger charge is -2.25. The fourth-order valence-electron chi connectivity index (χ4n) is 7.93. The Morgan fingerprint density at radius 3 is 1.68 bits per heavy atom. The molecule has 0 N–H and O–H groups in total. The minimum absolute atomic E-state index is 0.000721. The second-order valence-corrected chi connectivity index (χ2v) is 15.7. The molecule has 2 aliphatic heterocycles. The molecule has 2 atom stereocenters. The maximum Gasteiger partial charge on any atom is 0.308 e. The second-order valence-electron chi connectivity index (χ2n) is 15.7. The van der Waals surface area contributed by atoms with Crippen LogP contribution in [0.2, 0.25) is 0 Å². The summed E-state index contributed by atoms with van der Waals surface area (Å²) in [7, 11) is 0. The van der Waals surface area contributed by atoms with Crippen molar-refractivity contribution in [2.45, 2.75) is 187 Å². The topological polar surface area (TPSA) is 82.1 Å². The van der Waals surface area contributed by atoms with Gasteiger partial charge in [0, 0.05) is 6.54 Å². The molecule has 2 unspecified atom stereocenters. The van der Waals surface area contributed by atoms with Gasteiger partial charge in [0.25, 0.3) is 0 Å². The van der Waals surface area contributed by atoms with Gasteiger partial charge in [-0.3, -0.25) is 14.4 Å². The van der Waals surface area contributed by atoms with Gasteiger partial charge in [0.15, 0.2) is 0 Å². The van der Waals surface area contributed by atoms with E-state index >= 15 is 0 Å². The van der Waals surface area contributed by atoms with Crippen LogP contribution < -0.4 is 0 Å². The molecular weight excluding hydrogens is 663 g/mol. The van der Waals surface area contributed by atoms with E-state index in [9.17, 15) is 14.4 Å². The van der Waals surface area contributed by atoms with Gasteiger partial charge in [0.05, 0.1) is 38.6 Å². The van der Waals surface area contributed by atoms with E-state index in [4.69, 9.17) is 14.2 Å². The molecule has 53 heavy (non-hydrogen) atoms. The van der Waals surface area contributed by atoms with Gasteiger partial charge >= 0.3 is 17.9 Å². The molecule has 7 nitrogen and oxygen atoms in total. The zero-order chi connectivity index (χ0) is 38.2. The summed E-state index contributed by atoms with van der Waals surface area (Å²) in [4.78, 5) is 42.0. The van der Waals surface area contributed by atoms with Gasteiger partial charge in [-0.1, -0.05) is 128 Å². The first-order chi connectivity index (χ1) is 26.0. The van der Waals surface area contributed by atoms with Crippen LogP contribution in [0.25, 0.3) is 0 Å². The summed E-state index contributed by atoms with van der Waals surface area (Å²) in [5.74, 6) is -0.501. The van der Waals surface area contributed by atoms with Crippen LogP contribution in [0.1, 0.15) is 187 Å². The van der Waals surface area contributed by atoms with E-state index in [2.05, 4.69) is 42.5 Å². The van der Waals surface area contributed by atoms with Crippen molar-refractivity contribution in [2.75, 3.05) is 39.5 Å². The standard InChI is InChI=1S/C46H77NO6/c1-4-7-18-29-41-38-44(48)51-35-24-16-12-10-14-20-27-40(46(50)53-37-26-34-47-32-22-23-33-47)28-21-15-11-13-17-25-36-52-45(49)39-42(30-19-8-5-2)43(41)31-9-6-3/h40-42H,3-5,7-8,10-30,32-39H2,1-2H3. The van der Waals surface area contributed by atoms with Gasteiger partial charge in [0.1, 0.15) is 0 Å². The van der Waals surface area contributed by atoms with Gasteiger partial charge in [0.2, 0.25) is 0 Å². The summed E-state index contributed by atoms with van der Waals surface area (Å²) in [6.45, 7) is 12.8. The molecule has 302 valence electrons. The van der Waals surface area contributed by atoms with Crippen molar-refractivity contribution in [3.63, 3.8) is 0 Å². The highest BCUT2D eigenvalue weighted by atomic mass is 16.5. The van der Waals surface area contributed by atoms with Crippen molar-refractivity contribution in [1.82, 2.24) is 4.90 Å². The Balaban J connectivity index is 2.03. The SMILES string of the molecule is C=C=C=C=C1C(CCCCC)CC(=O)OCCCCCCCCC(C(=O)OCCCN2CCCC2)CCCCCCCCOC(=O)CC1CCCCC. The fraction of sp³-hybridized carbons (Fsp3) is 0.826. The normalized spacial score (nSPS) is 23.2. The molecule has 0 radical (unpaired) electrons. The van der Waals surface area contributed by atoms with Crippen LogP contribution in [0.5, 0.6) is 0 Å². The van der Waals surface area contributed by atoms with Gasteiger partial charge in [-0.15, -0.1) is 0 Å². The highest BCUT2D eigenvalue weighted by molar-refractivity contribution is 5.72. The monoisotopic (exact) mass is 740 g/mol. The Kier molecular flexibility index (Phi) is 27.9. The lowest BCUT2D eigenvalue weighted by molar-refractivity contribution is -0.149. The van der Waals surface area contributed by atoms with E-state index in [1.807, 2.05) is 0 Å². The van der Waals surface area contributed by atoms with E-state index in [0.717, 1.165) is 160 Å². The van der Waals surface area contributed by atoms with E-state index in [-0.39, 0.29) is 48.5 Å². The minimum atomic E-state index is -0.182. The molecule has 2 rings (SSSR count). The summed E-state index contributed by atoms with van der Waals surface area (Å²) >= 11 is 0. The van der Waals surface area contributed by atoms with E-state index in [1.165, 1.54) is 25.9 Å². The third kappa shape index (κ3) is 23.1. The zero-order valence-electron chi connectivity index (χ0n) is 34.2. The molecule has 0 aromatic rings. The average molecular weight is 740 g/mol. The lowest BCUT2D eigenvalue weighted by Crippen LogP contribution is -2.23. The number of esters is 3. The lowest BCUT2D eigenvalue weighted by atomic mass is 9.79. The Bertz CT molecular complexity index is 1060. The molecule has 2 aliphatic rings. The molecule has 0 aromatic heterocycles. The number of rotatable bonds is 13. The van der Waals surface area contributed by atoms with Crippen LogP contribution in [0.3, 0.4) is 0 Å². The van der Waals surface area contributed by atoms with Gasteiger partial charge in [-0.05, 0) is 101 Å². The number of nitrogens with zero attached hydrogens (tertiary/aromatic N) is 1. The summed E-state index contributed by atoms with van der Waals surface area (Å²) in [6, 6.07) is 0. The Morgan fingerprint density at radius 1 is 0.698 bits per heavy atom. The molecule has 2 fully saturated rings. The van der Waals surface area contributed by atoms with Crippen molar-refractivity contribution < 1.29 is 28.6 Å². The van der Waals surface area contributed by atoms with E-state index < -0.39 is 0 Å². The molecule has 0 spiro atoms. The van der Waals surface area contributed by atoms with Crippen molar-refractivity contribution in [3.05, 3.63) is 29.3 Å². The summed E-state index contributed by atoms with van der Waals surface area (Å²) < 4.78 is 17.4. The minimum Gasteiger partial charge on any atom is -0.466 e. The van der Waals surface area contributed by atoms with Gasteiger partial charge in [-0.2, -0.15) is 0 Å². The number of cyclic esters (lactones) is 2. The number of likely N-dealkylation sites (tertiary alicyclic amines) is 1. The molecule has 0 saturated carbocycles. The fourth-order valence-corrected chi connectivity index (χ4v) is 7.93. The smallest absolute Gasteiger partial charge is 0.308 e.